The van der Waals surface area contributed by atoms with Gasteiger partial charge in [0.1, 0.15) is 11.8 Å². The normalized spacial score (nSPS) is 11.4. The first-order chi connectivity index (χ1) is 10.1. The molecule has 2 rings (SSSR count). The third-order valence-corrected chi connectivity index (χ3v) is 3.04. The summed E-state index contributed by atoms with van der Waals surface area (Å²) < 4.78 is 7.04. The lowest BCUT2D eigenvalue weighted by molar-refractivity contribution is -0.118. The second-order valence-electron chi connectivity index (χ2n) is 4.62. The van der Waals surface area contributed by atoms with Crippen LogP contribution in [-0.4, -0.2) is 29.3 Å². The Morgan fingerprint density at radius 2 is 2.05 bits per heavy atom. The molecule has 0 saturated heterocycles. The fourth-order valence-corrected chi connectivity index (χ4v) is 2.05. The highest BCUT2D eigenvalue weighted by Gasteiger charge is 2.20. The average molecular weight is 325 g/mol. The van der Waals surface area contributed by atoms with Crippen LogP contribution in [-0.2, 0) is 11.8 Å². The van der Waals surface area contributed by atoms with E-state index in [4.69, 9.17) is 4.74 Å². The Labute approximate surface area is 136 Å². The molecule has 1 aromatic carbocycles. The molecule has 1 atom stereocenters. The van der Waals surface area contributed by atoms with Crippen molar-refractivity contribution in [2.75, 3.05) is 19.0 Å². The number of hydrogen-bond donors (Lipinski definition) is 2. The van der Waals surface area contributed by atoms with Crippen molar-refractivity contribution in [2.45, 2.75) is 13.0 Å². The second kappa shape index (κ2) is 8.41. The summed E-state index contributed by atoms with van der Waals surface area (Å²) in [5.41, 5.74) is 1.55. The van der Waals surface area contributed by atoms with Crippen molar-refractivity contribution < 1.29 is 9.53 Å². The van der Waals surface area contributed by atoms with E-state index in [2.05, 4.69) is 15.7 Å². The molecule has 0 saturated carbocycles. The van der Waals surface area contributed by atoms with E-state index in [1.807, 2.05) is 44.4 Å². The number of nitrogens with one attached hydrogen (secondary N) is 2. The fraction of sp³-hybridized carbons (Fsp3) is 0.333. The number of carbonyl (C=O) groups is 1. The van der Waals surface area contributed by atoms with E-state index in [9.17, 15) is 4.79 Å². The molecule has 22 heavy (non-hydrogen) atoms. The molecule has 0 aliphatic rings. The van der Waals surface area contributed by atoms with Crippen LogP contribution in [0.25, 0.3) is 0 Å². The van der Waals surface area contributed by atoms with Gasteiger partial charge in [-0.15, -0.1) is 12.4 Å². The van der Waals surface area contributed by atoms with Gasteiger partial charge in [-0.2, -0.15) is 5.10 Å². The summed E-state index contributed by atoms with van der Waals surface area (Å²) in [5, 5.41) is 9.96. The minimum absolute atomic E-state index is 0. The number of aromatic nitrogens is 2. The Balaban J connectivity index is 0.00000242. The second-order valence-corrected chi connectivity index (χ2v) is 4.62. The number of ether oxygens (including phenoxy) is 1. The van der Waals surface area contributed by atoms with Gasteiger partial charge in [0.2, 0.25) is 5.91 Å². The Hall–Kier alpha value is -2.05. The molecule has 6 nitrogen and oxygen atoms in total. The lowest BCUT2D eigenvalue weighted by Crippen LogP contribution is -2.30. The Morgan fingerprint density at radius 1 is 1.36 bits per heavy atom. The molecule has 7 heteroatoms. The number of benzene rings is 1. The molecule has 0 spiro atoms. The van der Waals surface area contributed by atoms with Gasteiger partial charge in [-0.1, -0.05) is 0 Å². The zero-order valence-corrected chi connectivity index (χ0v) is 13.7. The number of aryl methyl sites for hydroxylation is 1. The van der Waals surface area contributed by atoms with Gasteiger partial charge in [0.25, 0.3) is 0 Å². The van der Waals surface area contributed by atoms with Crippen LogP contribution in [0.15, 0.2) is 36.7 Å². The van der Waals surface area contributed by atoms with Crippen molar-refractivity contribution in [3.63, 3.8) is 0 Å². The van der Waals surface area contributed by atoms with Crippen molar-refractivity contribution in [2.24, 2.45) is 7.05 Å². The van der Waals surface area contributed by atoms with Crippen molar-refractivity contribution >= 4 is 24.0 Å². The van der Waals surface area contributed by atoms with Crippen molar-refractivity contribution in [3.8, 4) is 5.75 Å². The van der Waals surface area contributed by atoms with E-state index in [-0.39, 0.29) is 18.3 Å². The van der Waals surface area contributed by atoms with Crippen LogP contribution in [0.2, 0.25) is 0 Å². The van der Waals surface area contributed by atoms with Crippen LogP contribution >= 0.6 is 12.4 Å². The highest BCUT2D eigenvalue weighted by atomic mass is 35.5. The SMILES string of the molecule is CCOc1ccc(NC(=O)C(NC)c2cnn(C)c2)cc1.Cl. The summed E-state index contributed by atoms with van der Waals surface area (Å²) >= 11 is 0. The molecule has 0 bridgehead atoms. The molecule has 0 aliphatic heterocycles. The minimum Gasteiger partial charge on any atom is -0.494 e. The highest BCUT2D eigenvalue weighted by Crippen LogP contribution is 2.18. The first-order valence-corrected chi connectivity index (χ1v) is 6.83. The van der Waals surface area contributed by atoms with Gasteiger partial charge in [-0.3, -0.25) is 9.48 Å². The molecule has 0 radical (unpaired) electrons. The van der Waals surface area contributed by atoms with Crippen LogP contribution in [0.5, 0.6) is 5.75 Å². The monoisotopic (exact) mass is 324 g/mol. The van der Waals surface area contributed by atoms with Crippen molar-refractivity contribution in [1.82, 2.24) is 15.1 Å². The van der Waals surface area contributed by atoms with Crippen LogP contribution in [0.1, 0.15) is 18.5 Å². The Kier molecular flexibility index (Phi) is 6.88. The summed E-state index contributed by atoms with van der Waals surface area (Å²) in [5.74, 6) is 0.655. The van der Waals surface area contributed by atoms with Crippen molar-refractivity contribution in [3.05, 3.63) is 42.2 Å². The van der Waals surface area contributed by atoms with E-state index in [1.54, 1.807) is 17.9 Å². The standard InChI is InChI=1S/C15H20N4O2.ClH/c1-4-21-13-7-5-12(6-8-13)18-15(20)14(16-2)11-9-17-19(3)10-11;/h5-10,14,16H,4H2,1-3H3,(H,18,20);1H. The molecule has 1 unspecified atom stereocenters. The van der Waals surface area contributed by atoms with Gasteiger partial charge in [-0.25, -0.2) is 0 Å². The number of rotatable bonds is 6. The summed E-state index contributed by atoms with van der Waals surface area (Å²) in [4.78, 5) is 12.3. The van der Waals surface area contributed by atoms with Gasteiger partial charge in [0.05, 0.1) is 12.8 Å². The summed E-state index contributed by atoms with van der Waals surface area (Å²) in [6.07, 6.45) is 3.50. The molecule has 0 fully saturated rings. The van der Waals surface area contributed by atoms with Gasteiger partial charge in [0.15, 0.2) is 0 Å². The number of halogens is 1. The topological polar surface area (TPSA) is 68.2 Å². The molecule has 1 heterocycles. The van der Waals surface area contributed by atoms with E-state index < -0.39 is 6.04 Å². The van der Waals surface area contributed by atoms with Crippen LogP contribution in [0, 0.1) is 0 Å². The quantitative estimate of drug-likeness (QED) is 0.854. The predicted molar refractivity (Wildman–Crippen MR) is 88.5 cm³/mol. The smallest absolute Gasteiger partial charge is 0.246 e. The summed E-state index contributed by atoms with van der Waals surface area (Å²) in [7, 11) is 3.57. The Morgan fingerprint density at radius 3 is 2.55 bits per heavy atom. The van der Waals surface area contributed by atoms with E-state index in [0.717, 1.165) is 17.0 Å². The van der Waals surface area contributed by atoms with Gasteiger partial charge in [-0.05, 0) is 38.2 Å². The van der Waals surface area contributed by atoms with Crippen LogP contribution < -0.4 is 15.4 Å². The lowest BCUT2D eigenvalue weighted by atomic mass is 10.1. The number of hydrogen-bond acceptors (Lipinski definition) is 4. The third-order valence-electron chi connectivity index (χ3n) is 3.04. The number of anilines is 1. The summed E-state index contributed by atoms with van der Waals surface area (Å²) in [6.45, 7) is 2.55. The lowest BCUT2D eigenvalue weighted by Gasteiger charge is -2.14. The van der Waals surface area contributed by atoms with Crippen LogP contribution in [0.4, 0.5) is 5.69 Å². The first-order valence-electron chi connectivity index (χ1n) is 6.83. The molecular weight excluding hydrogens is 304 g/mol. The zero-order chi connectivity index (χ0) is 15.2. The third kappa shape index (κ3) is 4.47. The predicted octanol–water partition coefficient (Wildman–Crippen LogP) is 2.14. The van der Waals surface area contributed by atoms with E-state index >= 15 is 0 Å². The van der Waals surface area contributed by atoms with Crippen molar-refractivity contribution in [1.29, 1.82) is 0 Å². The maximum Gasteiger partial charge on any atom is 0.246 e. The number of carbonyl (C=O) groups excluding carboxylic acids is 1. The summed E-state index contributed by atoms with van der Waals surface area (Å²) in [6, 6.07) is 6.86. The zero-order valence-electron chi connectivity index (χ0n) is 12.9. The largest absolute Gasteiger partial charge is 0.494 e. The molecule has 120 valence electrons. The number of nitrogens with zero attached hydrogens (tertiary/aromatic N) is 2. The number of amides is 1. The maximum absolute atomic E-state index is 12.3. The van der Waals surface area contributed by atoms with E-state index in [0.29, 0.717) is 6.61 Å². The van der Waals surface area contributed by atoms with Gasteiger partial charge >= 0.3 is 0 Å². The van der Waals surface area contributed by atoms with Gasteiger partial charge < -0.3 is 15.4 Å². The molecule has 1 aromatic heterocycles. The molecule has 2 aromatic rings. The maximum atomic E-state index is 12.3. The first kappa shape index (κ1) is 18.0. The fourth-order valence-electron chi connectivity index (χ4n) is 2.05. The number of likely N-dealkylation sites (N-methyl/N-ethyl adjacent to an activating group) is 1. The minimum atomic E-state index is -0.440. The molecule has 1 amide bonds. The van der Waals surface area contributed by atoms with E-state index in [1.165, 1.54) is 0 Å². The average Bonchev–Trinajstić information content (AvgIpc) is 2.88. The highest BCUT2D eigenvalue weighted by molar-refractivity contribution is 5.95. The van der Waals surface area contributed by atoms with Crippen LogP contribution in [0.3, 0.4) is 0 Å². The molecule has 2 N–H and O–H groups in total. The Bertz CT molecular complexity index is 598. The van der Waals surface area contributed by atoms with Gasteiger partial charge in [0, 0.05) is 24.5 Å². The molecular formula is C15H21ClN4O2. The molecule has 0 aliphatic carbocycles.